The summed E-state index contributed by atoms with van der Waals surface area (Å²) in [5.41, 5.74) is 35.9. The predicted octanol–water partition coefficient (Wildman–Crippen LogP) is -4.89. The van der Waals surface area contributed by atoms with E-state index < -0.39 is 0 Å². The molecular weight excluding hydrogens is 270 g/mol. The lowest BCUT2D eigenvalue weighted by Crippen LogP contribution is -2.87. The predicted molar refractivity (Wildman–Crippen MR) is 82.6 cm³/mol. The van der Waals surface area contributed by atoms with Crippen molar-refractivity contribution in [2.45, 2.75) is 25.9 Å². The van der Waals surface area contributed by atoms with E-state index in [4.69, 9.17) is 28.7 Å². The van der Waals surface area contributed by atoms with E-state index >= 15 is 0 Å². The molecule has 0 aromatic heterocycles. The fourth-order valence-corrected chi connectivity index (χ4v) is 1.75. The van der Waals surface area contributed by atoms with Crippen molar-refractivity contribution in [1.29, 1.82) is 0 Å². The van der Waals surface area contributed by atoms with Crippen LogP contribution in [0.2, 0.25) is 0 Å². The lowest BCUT2D eigenvalue weighted by molar-refractivity contribution is -0.536. The van der Waals surface area contributed by atoms with Crippen LogP contribution in [0.3, 0.4) is 0 Å². The first-order valence-corrected chi connectivity index (χ1v) is 6.48. The van der Waals surface area contributed by atoms with Gasteiger partial charge >= 0.3 is 11.9 Å². The van der Waals surface area contributed by atoms with E-state index in [9.17, 15) is 0 Å². The van der Waals surface area contributed by atoms with Crippen molar-refractivity contribution in [3.63, 3.8) is 0 Å². The summed E-state index contributed by atoms with van der Waals surface area (Å²) in [5, 5.41) is 5.34. The number of hydrazone groups is 2. The van der Waals surface area contributed by atoms with Gasteiger partial charge in [0.15, 0.2) is 0 Å². The third-order valence-corrected chi connectivity index (χ3v) is 2.87. The molecule has 0 saturated carbocycles. The highest BCUT2D eigenvalue weighted by Crippen LogP contribution is 2.21. The molecule has 116 valence electrons. The Hall–Kier alpha value is -2.84. The molecule has 2 atom stereocenters. The van der Waals surface area contributed by atoms with Crippen LogP contribution in [0.25, 0.3) is 0 Å². The molecule has 1 aromatic carbocycles. The molecule has 0 aliphatic heterocycles. The third kappa shape index (κ3) is 5.35. The van der Waals surface area contributed by atoms with Crippen molar-refractivity contribution in [3.05, 3.63) is 29.3 Å². The van der Waals surface area contributed by atoms with E-state index in [1.807, 2.05) is 32.0 Å². The number of nitrogen functional groups attached to an aromatic ring is 1. The smallest absolute Gasteiger partial charge is 0.360 e. The van der Waals surface area contributed by atoms with Crippen molar-refractivity contribution < 1.29 is 10.2 Å². The van der Waals surface area contributed by atoms with E-state index in [2.05, 4.69) is 21.1 Å². The molecule has 1 rings (SSSR count). The maximum Gasteiger partial charge on any atom is 0.360 e. The Balaban J connectivity index is 2.93. The molecule has 0 fully saturated rings. The van der Waals surface area contributed by atoms with E-state index in [-0.39, 0.29) is 24.0 Å². The van der Waals surface area contributed by atoms with Crippen molar-refractivity contribution in [2.24, 2.45) is 22.9 Å². The number of guanidine groups is 2. The van der Waals surface area contributed by atoms with Gasteiger partial charge in [-0.2, -0.15) is 10.2 Å². The molecule has 1 aromatic rings. The van der Waals surface area contributed by atoms with Gasteiger partial charge in [-0.05, 0) is 37.1 Å². The van der Waals surface area contributed by atoms with E-state index in [0.717, 1.165) is 11.1 Å². The molecule has 0 radical (unpaired) electrons. The fraction of sp³-hybridized carbons (Fsp3) is 0.333. The number of nitrogens with one attached hydrogen (secondary N) is 4. The minimum Gasteiger partial charge on any atom is -0.399 e. The van der Waals surface area contributed by atoms with Crippen molar-refractivity contribution in [2.75, 3.05) is 5.73 Å². The molecule has 0 aliphatic rings. The molecule has 9 heteroatoms. The number of benzene rings is 1. The zero-order valence-corrected chi connectivity index (χ0v) is 12.3. The average Bonchev–Trinajstić information content (AvgIpc) is 2.41. The zero-order chi connectivity index (χ0) is 16.0. The van der Waals surface area contributed by atoms with Crippen LogP contribution in [0.1, 0.15) is 37.1 Å². The van der Waals surface area contributed by atoms with Gasteiger partial charge in [0.25, 0.3) is 0 Å². The topological polar surface area (TPSA) is 182 Å². The average molecular weight is 295 g/mol. The summed E-state index contributed by atoms with van der Waals surface area (Å²) in [5.74, 6) is 0.193. The maximum atomic E-state index is 5.94. The van der Waals surface area contributed by atoms with Gasteiger partial charge in [-0.25, -0.2) is 0 Å². The highest BCUT2D eigenvalue weighted by atomic mass is 15.3. The lowest BCUT2D eigenvalue weighted by atomic mass is 10.0. The second-order valence-electron chi connectivity index (χ2n) is 4.83. The van der Waals surface area contributed by atoms with E-state index in [1.165, 1.54) is 0 Å². The highest BCUT2D eigenvalue weighted by Gasteiger charge is 2.11. The Labute approximate surface area is 123 Å². The number of nitrogens with two attached hydrogens (primary N) is 5. The molecule has 9 nitrogen and oxygen atoms in total. The first-order chi connectivity index (χ1) is 9.79. The summed E-state index contributed by atoms with van der Waals surface area (Å²) in [6, 6.07) is 5.67. The van der Waals surface area contributed by atoms with Gasteiger partial charge in [-0.3, -0.25) is 33.8 Å². The number of hydrazine groups is 2. The molecule has 0 saturated heterocycles. The molecule has 0 aliphatic carbocycles. The summed E-state index contributed by atoms with van der Waals surface area (Å²) in [7, 11) is 0. The van der Waals surface area contributed by atoms with Gasteiger partial charge < -0.3 is 5.73 Å². The minimum atomic E-state index is -0.0411. The third-order valence-electron chi connectivity index (χ3n) is 2.87. The molecular formula is C12H25N9+2. The summed E-state index contributed by atoms with van der Waals surface area (Å²) < 4.78 is 0. The minimum absolute atomic E-state index is 0.0411. The van der Waals surface area contributed by atoms with Gasteiger partial charge in [0.05, 0.1) is 12.1 Å². The van der Waals surface area contributed by atoms with Crippen LogP contribution < -0.4 is 49.7 Å². The monoisotopic (exact) mass is 295 g/mol. The van der Waals surface area contributed by atoms with Gasteiger partial charge in [0, 0.05) is 5.69 Å². The van der Waals surface area contributed by atoms with Crippen LogP contribution in [0, 0.1) is 0 Å². The van der Waals surface area contributed by atoms with E-state index in [1.54, 1.807) is 0 Å². The Morgan fingerprint density at radius 2 is 1.24 bits per heavy atom. The van der Waals surface area contributed by atoms with Crippen LogP contribution >= 0.6 is 0 Å². The molecule has 2 unspecified atom stereocenters. The highest BCUT2D eigenvalue weighted by molar-refractivity contribution is 5.69. The summed E-state index contributed by atoms with van der Waals surface area (Å²) in [4.78, 5) is 0. The maximum absolute atomic E-state index is 5.94. The molecule has 14 N–H and O–H groups in total. The number of rotatable bonds is 6. The van der Waals surface area contributed by atoms with Gasteiger partial charge in [-0.1, -0.05) is 6.07 Å². The number of hydrogen-bond acceptors (Lipinski definition) is 3. The largest absolute Gasteiger partial charge is 0.399 e. The Morgan fingerprint density at radius 1 is 0.857 bits per heavy atom. The van der Waals surface area contributed by atoms with Crippen molar-refractivity contribution in [1.82, 2.24) is 10.9 Å². The van der Waals surface area contributed by atoms with Crippen molar-refractivity contribution in [3.8, 4) is 0 Å². The molecule has 21 heavy (non-hydrogen) atoms. The normalized spacial score (nSPS) is 12.9. The summed E-state index contributed by atoms with van der Waals surface area (Å²) >= 11 is 0. The molecule has 0 amide bonds. The molecule has 0 spiro atoms. The summed E-state index contributed by atoms with van der Waals surface area (Å²) in [6.07, 6.45) is 0. The second kappa shape index (κ2) is 7.08. The van der Waals surface area contributed by atoms with Crippen LogP contribution in [0.5, 0.6) is 0 Å². The SMILES string of the molecule is CC(N[NH+]=C(N)N)c1cc(N)cc(C(C)N[NH+]=C(N)N)c1. The molecule has 0 heterocycles. The second-order valence-corrected chi connectivity index (χ2v) is 4.83. The van der Waals surface area contributed by atoms with Crippen LogP contribution in [0.4, 0.5) is 5.69 Å². The van der Waals surface area contributed by atoms with Crippen molar-refractivity contribution >= 4 is 17.6 Å². The van der Waals surface area contributed by atoms with Gasteiger partial charge in [0.1, 0.15) is 0 Å². The Morgan fingerprint density at radius 3 is 1.57 bits per heavy atom. The standard InChI is InChI=1S/C12H23N9/c1-6(18-20-11(14)15)8-3-9(5-10(13)4-8)7(2)19-21-12(16)17/h3-7,18-19H,13H2,1-2H3,(H4,14,15,20)(H4,16,17,21)/p+2. The Bertz CT molecular complexity index is 485. The fourth-order valence-electron chi connectivity index (χ4n) is 1.75. The molecule has 0 bridgehead atoms. The number of anilines is 1. The first kappa shape index (κ1) is 16.2. The zero-order valence-electron chi connectivity index (χ0n) is 12.3. The van der Waals surface area contributed by atoms with Crippen LogP contribution in [-0.4, -0.2) is 11.9 Å². The summed E-state index contributed by atoms with van der Waals surface area (Å²) in [6.45, 7) is 3.91. The Kier molecular flexibility index (Phi) is 5.47. The lowest BCUT2D eigenvalue weighted by Gasteiger charge is -2.16. The number of hydrogen-bond donors (Lipinski definition) is 9. The van der Waals surface area contributed by atoms with E-state index in [0.29, 0.717) is 5.69 Å². The first-order valence-electron chi connectivity index (χ1n) is 6.48. The van der Waals surface area contributed by atoms with Crippen LogP contribution in [-0.2, 0) is 0 Å². The quantitative estimate of drug-likeness (QED) is 0.109. The van der Waals surface area contributed by atoms with Gasteiger partial charge in [-0.15, -0.1) is 0 Å². The van der Waals surface area contributed by atoms with Gasteiger partial charge in [0.2, 0.25) is 0 Å². The van der Waals surface area contributed by atoms with Crippen LogP contribution in [0.15, 0.2) is 18.2 Å².